The van der Waals surface area contributed by atoms with E-state index in [-0.39, 0.29) is 77.5 Å². The molecular weight excluding hydrogens is 768 g/mol. The highest BCUT2D eigenvalue weighted by Gasteiger charge is 2.31. The van der Waals surface area contributed by atoms with Crippen LogP contribution in [0.1, 0.15) is 69.6 Å². The molecule has 15 nitrogen and oxygen atoms in total. The lowest BCUT2D eigenvalue weighted by molar-refractivity contribution is -0.154. The second-order valence-electron chi connectivity index (χ2n) is 13.8. The van der Waals surface area contributed by atoms with Crippen molar-refractivity contribution in [2.75, 3.05) is 46.2 Å². The highest BCUT2D eigenvalue weighted by Crippen LogP contribution is 2.40. The molecule has 0 aliphatic heterocycles. The van der Waals surface area contributed by atoms with Crippen molar-refractivity contribution in [3.05, 3.63) is 102 Å². The number of hydrogen-bond acceptors (Lipinski definition) is 15. The van der Waals surface area contributed by atoms with E-state index in [2.05, 4.69) is 13.5 Å². The zero-order valence-corrected chi connectivity index (χ0v) is 33.7. The lowest BCUT2D eigenvalue weighted by Gasteiger charge is -2.32. The van der Waals surface area contributed by atoms with E-state index in [1.807, 2.05) is 48.5 Å². The first-order chi connectivity index (χ1) is 28.2. The van der Waals surface area contributed by atoms with Gasteiger partial charge in [0.15, 0.2) is 0 Å². The zero-order chi connectivity index (χ0) is 43.2. The second kappa shape index (κ2) is 24.9. The maximum absolute atomic E-state index is 12.1. The van der Waals surface area contributed by atoms with Crippen molar-refractivity contribution in [1.82, 2.24) is 0 Å². The first-order valence-corrected chi connectivity index (χ1v) is 19.2. The van der Waals surface area contributed by atoms with Gasteiger partial charge in [-0.25, -0.2) is 4.79 Å². The SMILES string of the molecule is C=C(C)C(=O)OCCOC(=O)CCC(=O)OCC(O)COc1ccc(C(C)(c2ccc(OCC(C)O)cc2)c2ccc(OCC(O)COC(=O)CCCC=O)cc2)cc1. The Morgan fingerprint density at radius 3 is 1.41 bits per heavy atom. The Morgan fingerprint density at radius 2 is 1.00 bits per heavy atom. The highest BCUT2D eigenvalue weighted by atomic mass is 16.6. The standard InChI is InChI=1S/C44H54O15/c1-30(2)43(52)54-24-23-53-41(50)20-21-42(51)59-29-36(48)27-57-39-18-12-34(13-19-39)44(4,32-8-14-37(15-9-32)55-25-31(3)46)33-10-16-38(17-11-33)56-26-35(47)28-58-40(49)7-5-6-22-45/h8-19,22,31,35-36,46-48H,1,5-7,20-21,23-29H2,2-4H3. The molecule has 0 aliphatic rings. The summed E-state index contributed by atoms with van der Waals surface area (Å²) in [6, 6.07) is 22.2. The van der Waals surface area contributed by atoms with Crippen LogP contribution >= 0.6 is 0 Å². The molecule has 0 saturated carbocycles. The molecule has 0 fully saturated rings. The minimum Gasteiger partial charge on any atom is -0.491 e. The van der Waals surface area contributed by atoms with E-state index in [1.54, 1.807) is 31.2 Å². The Balaban J connectivity index is 1.59. The summed E-state index contributed by atoms with van der Waals surface area (Å²) in [6.07, 6.45) is -1.87. The van der Waals surface area contributed by atoms with Crippen LogP contribution in [0.3, 0.4) is 0 Å². The molecule has 59 heavy (non-hydrogen) atoms. The Hall–Kier alpha value is -5.77. The lowest BCUT2D eigenvalue weighted by atomic mass is 9.71. The second-order valence-corrected chi connectivity index (χ2v) is 13.8. The quantitative estimate of drug-likeness (QED) is 0.0246. The molecule has 3 rings (SSSR count). The van der Waals surface area contributed by atoms with E-state index in [1.165, 1.54) is 6.92 Å². The van der Waals surface area contributed by atoms with Gasteiger partial charge in [-0.15, -0.1) is 0 Å². The number of carbonyl (C=O) groups excluding carboxylic acids is 5. The first-order valence-electron chi connectivity index (χ1n) is 19.2. The Labute approximate surface area is 343 Å². The molecule has 4 unspecified atom stereocenters. The number of rotatable bonds is 27. The summed E-state index contributed by atoms with van der Waals surface area (Å²) in [5.74, 6) is -0.942. The molecule has 15 heteroatoms. The molecule has 0 amide bonds. The number of aliphatic hydroxyl groups excluding tert-OH is 3. The minimum absolute atomic E-state index is 0.0910. The van der Waals surface area contributed by atoms with Gasteiger partial charge in [0.2, 0.25) is 0 Å². The number of esters is 4. The predicted molar refractivity (Wildman–Crippen MR) is 213 cm³/mol. The smallest absolute Gasteiger partial charge is 0.333 e. The van der Waals surface area contributed by atoms with Crippen LogP contribution in [0.4, 0.5) is 0 Å². The minimum atomic E-state index is -1.15. The fraction of sp³-hybridized carbons (Fsp3) is 0.432. The van der Waals surface area contributed by atoms with Gasteiger partial charge in [0, 0.05) is 23.8 Å². The molecule has 0 aromatic heterocycles. The largest absolute Gasteiger partial charge is 0.491 e. The number of aldehydes is 1. The third-order valence-electron chi connectivity index (χ3n) is 8.71. The highest BCUT2D eigenvalue weighted by molar-refractivity contribution is 5.86. The van der Waals surface area contributed by atoms with Crippen LogP contribution in [0.15, 0.2) is 84.9 Å². The number of benzene rings is 3. The van der Waals surface area contributed by atoms with Crippen LogP contribution in [0.25, 0.3) is 0 Å². The van der Waals surface area contributed by atoms with Crippen LogP contribution < -0.4 is 14.2 Å². The van der Waals surface area contributed by atoms with Crippen molar-refractivity contribution >= 4 is 30.2 Å². The summed E-state index contributed by atoms with van der Waals surface area (Å²) in [4.78, 5) is 57.5. The maximum Gasteiger partial charge on any atom is 0.333 e. The Morgan fingerprint density at radius 1 is 0.610 bits per heavy atom. The van der Waals surface area contributed by atoms with Crippen LogP contribution in [0.5, 0.6) is 17.2 Å². The lowest BCUT2D eigenvalue weighted by Crippen LogP contribution is -2.26. The van der Waals surface area contributed by atoms with E-state index < -0.39 is 47.6 Å². The average Bonchev–Trinajstić information content (AvgIpc) is 3.23. The van der Waals surface area contributed by atoms with Crippen LogP contribution in [0.2, 0.25) is 0 Å². The molecule has 320 valence electrons. The Bertz CT molecular complexity index is 1790. The van der Waals surface area contributed by atoms with Gasteiger partial charge in [0.25, 0.3) is 0 Å². The molecule has 0 radical (unpaired) electrons. The molecule has 0 aliphatic carbocycles. The number of carbonyl (C=O) groups is 5. The predicted octanol–water partition coefficient (Wildman–Crippen LogP) is 4.18. The van der Waals surface area contributed by atoms with Crippen molar-refractivity contribution in [2.45, 2.75) is 76.6 Å². The average molecular weight is 823 g/mol. The molecular formula is C44H54O15. The number of unbranched alkanes of at least 4 members (excludes halogenated alkanes) is 1. The van der Waals surface area contributed by atoms with Crippen molar-refractivity contribution in [3.8, 4) is 17.2 Å². The van der Waals surface area contributed by atoms with Crippen LogP contribution in [0, 0.1) is 0 Å². The first kappa shape index (κ1) is 47.6. The van der Waals surface area contributed by atoms with Gasteiger partial charge in [-0.3, -0.25) is 14.4 Å². The van der Waals surface area contributed by atoms with Crippen molar-refractivity contribution in [3.63, 3.8) is 0 Å². The van der Waals surface area contributed by atoms with Gasteiger partial charge in [-0.2, -0.15) is 0 Å². The van der Waals surface area contributed by atoms with Crippen molar-refractivity contribution < 1.29 is 72.5 Å². The molecule has 4 atom stereocenters. The number of aliphatic hydroxyl groups is 3. The molecule has 3 aromatic rings. The third kappa shape index (κ3) is 16.9. The molecule has 0 heterocycles. The van der Waals surface area contributed by atoms with Gasteiger partial charge in [0.05, 0.1) is 18.9 Å². The summed E-state index contributed by atoms with van der Waals surface area (Å²) in [7, 11) is 0. The summed E-state index contributed by atoms with van der Waals surface area (Å²) >= 11 is 0. The van der Waals surface area contributed by atoms with Gasteiger partial charge in [-0.05, 0) is 80.3 Å². The molecule has 0 bridgehead atoms. The summed E-state index contributed by atoms with van der Waals surface area (Å²) < 4.78 is 37.1. The molecule has 3 aromatic carbocycles. The monoisotopic (exact) mass is 822 g/mol. The van der Waals surface area contributed by atoms with Gasteiger partial charge in [0.1, 0.15) is 82.0 Å². The van der Waals surface area contributed by atoms with E-state index in [0.29, 0.717) is 23.7 Å². The van der Waals surface area contributed by atoms with Gasteiger partial charge < -0.3 is 53.3 Å². The normalized spacial score (nSPS) is 13.4. The van der Waals surface area contributed by atoms with Gasteiger partial charge >= 0.3 is 23.9 Å². The number of ether oxygens (including phenoxy) is 7. The summed E-state index contributed by atoms with van der Waals surface area (Å²) in [5, 5.41) is 30.3. The van der Waals surface area contributed by atoms with E-state index in [9.17, 15) is 39.3 Å². The summed E-state index contributed by atoms with van der Waals surface area (Å²) in [6.45, 7) is 7.59. The fourth-order valence-electron chi connectivity index (χ4n) is 5.39. The van der Waals surface area contributed by atoms with E-state index in [4.69, 9.17) is 33.2 Å². The zero-order valence-electron chi connectivity index (χ0n) is 33.7. The molecule has 0 spiro atoms. The van der Waals surface area contributed by atoms with Crippen LogP contribution in [-0.4, -0.2) is 110 Å². The van der Waals surface area contributed by atoms with Gasteiger partial charge in [-0.1, -0.05) is 43.0 Å². The topological polar surface area (TPSA) is 211 Å². The maximum atomic E-state index is 12.1. The molecule has 3 N–H and O–H groups in total. The number of hydrogen-bond donors (Lipinski definition) is 3. The Kier molecular flexibility index (Phi) is 20.1. The summed E-state index contributed by atoms with van der Waals surface area (Å²) in [5.41, 5.74) is 2.22. The van der Waals surface area contributed by atoms with E-state index >= 15 is 0 Å². The third-order valence-corrected chi connectivity index (χ3v) is 8.71. The van der Waals surface area contributed by atoms with Crippen LogP contribution in [-0.2, 0) is 48.3 Å². The fourth-order valence-corrected chi connectivity index (χ4v) is 5.39. The van der Waals surface area contributed by atoms with Crippen molar-refractivity contribution in [2.24, 2.45) is 0 Å². The van der Waals surface area contributed by atoms with Crippen molar-refractivity contribution in [1.29, 1.82) is 0 Å². The van der Waals surface area contributed by atoms with E-state index in [0.717, 1.165) is 23.0 Å². The molecule has 0 saturated heterocycles.